The van der Waals surface area contributed by atoms with Crippen molar-refractivity contribution in [3.8, 4) is 5.75 Å². The number of ether oxygens (including phenoxy) is 1. The van der Waals surface area contributed by atoms with Gasteiger partial charge < -0.3 is 45.9 Å². The predicted molar refractivity (Wildman–Crippen MR) is 238 cm³/mol. The van der Waals surface area contributed by atoms with Gasteiger partial charge >= 0.3 is 172 Å². The van der Waals surface area contributed by atoms with E-state index in [-0.39, 0.29) is 257 Å². The molecule has 2 fully saturated rings. The Hall–Kier alpha value is -3.46. The maximum absolute atomic E-state index is 13.3. The minimum absolute atomic E-state index is 0. The van der Waals surface area contributed by atoms with Crippen molar-refractivity contribution >= 4 is 143 Å². The molecule has 0 spiro atoms. The van der Waals surface area contributed by atoms with E-state index in [0.717, 1.165) is 21.6 Å². The van der Waals surface area contributed by atoms with E-state index >= 15 is 0 Å². The van der Waals surface area contributed by atoms with Crippen LogP contribution >= 0.6 is 0 Å². The van der Waals surface area contributed by atoms with Crippen LogP contribution in [-0.2, 0) is 85.5 Å². The molecule has 0 aliphatic carbocycles. The zero-order chi connectivity index (χ0) is 53.8. The van der Waals surface area contributed by atoms with Crippen LogP contribution in [0.25, 0.3) is 61.1 Å². The van der Waals surface area contributed by atoms with Crippen LogP contribution in [0.3, 0.4) is 0 Å². The molecule has 3 aliphatic heterocycles. The van der Waals surface area contributed by atoms with E-state index in [0.29, 0.717) is 12.1 Å². The molecule has 7 aromatic rings. The van der Waals surface area contributed by atoms with Crippen molar-refractivity contribution in [1.29, 1.82) is 0 Å². The molecule has 28 nitrogen and oxygen atoms in total. The molecule has 3 aliphatic rings. The van der Waals surface area contributed by atoms with Crippen molar-refractivity contribution in [3.05, 3.63) is 84.6 Å². The number of fused-ring (bicyclic) bond motifs is 8. The van der Waals surface area contributed by atoms with E-state index in [1.165, 1.54) is 54.6 Å². The fourth-order valence-electron chi connectivity index (χ4n) is 8.24. The minimum Gasteiger partial charge on any atom is -0.744 e. The van der Waals surface area contributed by atoms with Gasteiger partial charge in [0.25, 0.3) is 35.7 Å². The second-order valence-electron chi connectivity index (χ2n) is 16.3. The number of carbonyl (C=O) groups is 6. The van der Waals surface area contributed by atoms with Crippen molar-refractivity contribution in [2.75, 3.05) is 11.4 Å². The molecule has 0 saturated carbocycles. The molecule has 3 aromatic heterocycles. The number of oxazole rings is 1. The summed E-state index contributed by atoms with van der Waals surface area (Å²) in [7, 11) is -21.6. The maximum atomic E-state index is 13.3. The number of furan rings is 2. The molecule has 2 saturated heterocycles. The van der Waals surface area contributed by atoms with Gasteiger partial charge in [-0.3, -0.25) is 24.1 Å². The SMILES string of the molecule is O=C(CN1/C(=C/C=C/C=C/c2oc3cc4c(cc3[n+]2CC(=O)ON2C(=O)CCC2=O)oc2c(S(=O)(=O)[O-])cc(S(=O)(=O)[O-])cc24)Oc2cc3c(cc21)oc1c(S(=O)(=O)[O-])cc(S(=O)(=O)[O-])cc13)ON1C(=O)CCC1=O.[K+].[K+].[K+]. The van der Waals surface area contributed by atoms with E-state index in [9.17, 15) is 80.6 Å². The van der Waals surface area contributed by atoms with Gasteiger partial charge in [-0.15, -0.1) is 14.7 Å². The fraction of sp³-hybridized carbons (Fsp3) is 0.140. The summed E-state index contributed by atoms with van der Waals surface area (Å²) < 4.78 is 170. The molecule has 0 bridgehead atoms. The quantitative estimate of drug-likeness (QED) is 0.0340. The summed E-state index contributed by atoms with van der Waals surface area (Å²) in [5, 5.41) is -0.146. The van der Waals surface area contributed by atoms with Crippen LogP contribution in [0.15, 0.2) is 112 Å². The summed E-state index contributed by atoms with van der Waals surface area (Å²) in [6.07, 6.45) is 5.63. The number of carbonyl (C=O) groups excluding carboxylic acids is 6. The van der Waals surface area contributed by atoms with E-state index < -0.39 is 120 Å². The minimum atomic E-state index is -5.45. The first-order valence-corrected chi connectivity index (χ1v) is 26.7. The number of allylic oxidation sites excluding steroid dienone is 4. The number of hydrogen-bond donors (Lipinski definition) is 0. The number of imide groups is 2. The smallest absolute Gasteiger partial charge is 0.744 e. The Labute approximate surface area is 564 Å². The van der Waals surface area contributed by atoms with Crippen molar-refractivity contribution in [2.24, 2.45) is 0 Å². The molecule has 0 unspecified atom stereocenters. The van der Waals surface area contributed by atoms with Crippen LogP contribution in [0.5, 0.6) is 5.75 Å². The molecule has 0 N–H and O–H groups in total. The number of nitrogens with zero attached hydrogens (tertiary/aromatic N) is 4. The first kappa shape index (κ1) is 62.1. The van der Waals surface area contributed by atoms with Gasteiger partial charge in [0.15, 0.2) is 16.9 Å². The monoisotopic (exact) mass is 1230 g/mol. The zero-order valence-corrected chi connectivity index (χ0v) is 52.6. The van der Waals surface area contributed by atoms with Crippen LogP contribution < -0.4 is 168 Å². The normalized spacial score (nSPS) is 15.8. The molecule has 78 heavy (non-hydrogen) atoms. The summed E-state index contributed by atoms with van der Waals surface area (Å²) in [6.45, 7) is -1.57. The molecule has 388 valence electrons. The van der Waals surface area contributed by atoms with Crippen molar-refractivity contribution < 1.29 is 267 Å². The van der Waals surface area contributed by atoms with Gasteiger partial charge in [-0.25, -0.2) is 43.3 Å². The Kier molecular flexibility index (Phi) is 18.4. The number of hydrogen-bond acceptors (Lipinski definition) is 25. The van der Waals surface area contributed by atoms with Gasteiger partial charge in [-0.05, 0) is 42.5 Å². The Morgan fingerprint density at radius 1 is 0.564 bits per heavy atom. The second kappa shape index (κ2) is 23.1. The average Bonchev–Trinajstić information content (AvgIpc) is 4.16. The first-order valence-electron chi connectivity index (χ1n) is 21.0. The summed E-state index contributed by atoms with van der Waals surface area (Å²) in [5.74, 6) is -5.98. The number of hydroxylamine groups is 4. The van der Waals surface area contributed by atoms with Crippen LogP contribution in [-0.4, -0.2) is 104 Å². The summed E-state index contributed by atoms with van der Waals surface area (Å²) in [5.41, 5.74) is -1.74. The summed E-state index contributed by atoms with van der Waals surface area (Å²) in [4.78, 5) is 82.3. The third kappa shape index (κ3) is 12.2. The Balaban J connectivity index is 0.00000294. The van der Waals surface area contributed by atoms with Gasteiger partial charge in [0.1, 0.15) is 58.2 Å². The number of rotatable bonds is 13. The number of benzene rings is 4. The largest absolute Gasteiger partial charge is 1.00 e. The maximum Gasteiger partial charge on any atom is 1.00 e. The third-order valence-electron chi connectivity index (χ3n) is 11.5. The molecule has 0 atom stereocenters. The first-order chi connectivity index (χ1) is 35.1. The Morgan fingerprint density at radius 3 is 1.55 bits per heavy atom. The Morgan fingerprint density at radius 2 is 1.05 bits per heavy atom. The van der Waals surface area contributed by atoms with Crippen molar-refractivity contribution in [2.45, 2.75) is 51.8 Å². The molecule has 6 heterocycles. The van der Waals surface area contributed by atoms with Crippen LogP contribution in [0.1, 0.15) is 31.6 Å². The molecular formula is C43H25K3N4O24S4. The van der Waals surface area contributed by atoms with Gasteiger partial charge in [0, 0.05) is 53.3 Å². The van der Waals surface area contributed by atoms with E-state index in [4.69, 9.17) is 27.7 Å². The standard InChI is InChI=1S/C43H28N4O24S4.3K/c48-34-6-7-35(49)46(34)70-40(52)18-44-26-16-28-22(24-10-20(72(54,55)56)12-32(42(24)68-28)74(60,61)62)14-30(26)66-38(44)4-2-1-3-5-39-45(19-41(53)71-47-36(50)8-9-37(47)51)27-17-29-23(15-31(27)67-39)25-11-21(73(57,58)59)13-33(43(25)69-29)75(63,64)65;;;/h1-5,10-17H,6-9,18-19H2,(H3-,54,55,56,57,58,59,60,61,62,63,64,65);;;/q;3*+1/p-3. The number of amides is 4. The molecule has 4 amide bonds. The summed E-state index contributed by atoms with van der Waals surface area (Å²) in [6, 6.07) is 7.11. The van der Waals surface area contributed by atoms with Gasteiger partial charge in [-0.1, -0.05) is 18.2 Å². The molecule has 0 radical (unpaired) electrons. The predicted octanol–water partition coefficient (Wildman–Crippen LogP) is -7.33. The van der Waals surface area contributed by atoms with Gasteiger partial charge in [0.05, 0.1) is 37.4 Å². The summed E-state index contributed by atoms with van der Waals surface area (Å²) >= 11 is 0. The number of aromatic nitrogens is 1. The fourth-order valence-corrected chi connectivity index (χ4v) is 10.7. The van der Waals surface area contributed by atoms with E-state index in [2.05, 4.69) is 0 Å². The topological polar surface area (TPSA) is 412 Å². The van der Waals surface area contributed by atoms with Gasteiger partial charge in [-0.2, -0.15) is 0 Å². The van der Waals surface area contributed by atoms with Gasteiger partial charge in [0.2, 0.25) is 11.5 Å². The van der Waals surface area contributed by atoms with Crippen LogP contribution in [0.2, 0.25) is 0 Å². The second-order valence-corrected chi connectivity index (χ2v) is 21.8. The average molecular weight is 1230 g/mol. The number of anilines is 1. The van der Waals surface area contributed by atoms with Crippen molar-refractivity contribution in [3.63, 3.8) is 0 Å². The third-order valence-corrected chi connectivity index (χ3v) is 14.8. The van der Waals surface area contributed by atoms with E-state index in [1.54, 1.807) is 0 Å². The molecular weight excluding hydrogens is 1200 g/mol. The molecule has 4 aromatic carbocycles. The molecule has 35 heteroatoms. The van der Waals surface area contributed by atoms with E-state index in [1.807, 2.05) is 0 Å². The zero-order valence-electron chi connectivity index (χ0n) is 40.0. The Bertz CT molecular complexity index is 4360. The molecule has 10 rings (SSSR count). The van der Waals surface area contributed by atoms with Crippen LogP contribution in [0.4, 0.5) is 5.69 Å². The van der Waals surface area contributed by atoms with Crippen LogP contribution in [0, 0.1) is 0 Å². The van der Waals surface area contributed by atoms with Crippen molar-refractivity contribution in [1.82, 2.24) is 10.1 Å².